The zero-order valence-corrected chi connectivity index (χ0v) is 12.5. The normalized spacial score (nSPS) is 23.9. The molecule has 8 heteroatoms. The van der Waals surface area contributed by atoms with E-state index in [9.17, 15) is 13.5 Å². The molecule has 1 fully saturated rings. The smallest absolute Gasteiger partial charge is 0.208 e. The zero-order chi connectivity index (χ0) is 14.8. The largest absolute Gasteiger partial charge is 0.387 e. The van der Waals surface area contributed by atoms with Crippen molar-refractivity contribution in [3.8, 4) is 0 Å². The number of aromatic nitrogens is 2. The number of aliphatic hydroxyl groups is 1. The van der Waals surface area contributed by atoms with Crippen molar-refractivity contribution in [2.45, 2.75) is 25.4 Å². The van der Waals surface area contributed by atoms with Crippen LogP contribution in [-0.4, -0.2) is 55.0 Å². The van der Waals surface area contributed by atoms with Gasteiger partial charge in [0.1, 0.15) is 12.1 Å². The van der Waals surface area contributed by atoms with Gasteiger partial charge in [0, 0.05) is 31.4 Å². The van der Waals surface area contributed by atoms with Crippen molar-refractivity contribution in [3.63, 3.8) is 0 Å². The van der Waals surface area contributed by atoms with E-state index >= 15 is 0 Å². The number of hydrogen-bond donors (Lipinski definition) is 2. The quantitative estimate of drug-likeness (QED) is 0.790. The monoisotopic (exact) mass is 300 g/mol. The minimum Gasteiger partial charge on any atom is -0.387 e. The molecule has 7 nitrogen and oxygen atoms in total. The zero-order valence-electron chi connectivity index (χ0n) is 11.7. The fourth-order valence-electron chi connectivity index (χ4n) is 2.33. The molecule has 0 aromatic carbocycles. The molecule has 1 aliphatic rings. The highest BCUT2D eigenvalue weighted by Crippen LogP contribution is 2.24. The molecule has 1 saturated heterocycles. The highest BCUT2D eigenvalue weighted by atomic mass is 32.2. The second kappa shape index (κ2) is 5.63. The molecule has 2 rings (SSSR count). The van der Waals surface area contributed by atoms with Crippen molar-refractivity contribution in [2.24, 2.45) is 0 Å². The van der Waals surface area contributed by atoms with Gasteiger partial charge in [-0.05, 0) is 19.8 Å². The molecule has 112 valence electrons. The Hall–Kier alpha value is -1.25. The standard InChI is InChI=1S/C12H20N4O3S/c1-10-6-11(14-9-13-10)16-5-3-4-12(17,8-16)7-15-20(2,18)19/h6,9,15,17H,3-5,7-8H2,1-2H3/t12-/m1/s1. The molecule has 0 aliphatic carbocycles. The average Bonchev–Trinajstić information content (AvgIpc) is 2.36. The molecule has 0 radical (unpaired) electrons. The topological polar surface area (TPSA) is 95.4 Å². The number of hydrogen-bond acceptors (Lipinski definition) is 6. The summed E-state index contributed by atoms with van der Waals surface area (Å²) in [6, 6.07) is 1.86. The summed E-state index contributed by atoms with van der Waals surface area (Å²) in [4.78, 5) is 10.2. The fraction of sp³-hybridized carbons (Fsp3) is 0.667. The van der Waals surface area contributed by atoms with Crippen LogP contribution in [0, 0.1) is 6.92 Å². The minimum absolute atomic E-state index is 0.0202. The third-order valence-corrected chi connectivity index (χ3v) is 4.00. The summed E-state index contributed by atoms with van der Waals surface area (Å²) in [6.45, 7) is 3.04. The van der Waals surface area contributed by atoms with Gasteiger partial charge in [-0.3, -0.25) is 0 Å². The Bertz CT molecular complexity index is 578. The third-order valence-electron chi connectivity index (χ3n) is 3.33. The Balaban J connectivity index is 2.08. The van der Waals surface area contributed by atoms with Crippen LogP contribution in [-0.2, 0) is 10.0 Å². The fourth-order valence-corrected chi connectivity index (χ4v) is 2.86. The van der Waals surface area contributed by atoms with Crippen LogP contribution >= 0.6 is 0 Å². The summed E-state index contributed by atoms with van der Waals surface area (Å²) >= 11 is 0. The molecule has 0 unspecified atom stereocenters. The molecule has 20 heavy (non-hydrogen) atoms. The van der Waals surface area contributed by atoms with E-state index in [-0.39, 0.29) is 6.54 Å². The van der Waals surface area contributed by atoms with Crippen LogP contribution in [0.1, 0.15) is 18.5 Å². The molecular weight excluding hydrogens is 280 g/mol. The number of anilines is 1. The lowest BCUT2D eigenvalue weighted by atomic mass is 9.93. The predicted octanol–water partition coefficient (Wildman–Crippen LogP) is -0.334. The van der Waals surface area contributed by atoms with Crippen molar-refractivity contribution in [2.75, 3.05) is 30.8 Å². The van der Waals surface area contributed by atoms with Crippen LogP contribution in [0.5, 0.6) is 0 Å². The van der Waals surface area contributed by atoms with E-state index in [0.717, 1.165) is 30.7 Å². The van der Waals surface area contributed by atoms with Gasteiger partial charge in [-0.15, -0.1) is 0 Å². The van der Waals surface area contributed by atoms with E-state index in [4.69, 9.17) is 0 Å². The molecule has 1 aromatic rings. The van der Waals surface area contributed by atoms with E-state index in [2.05, 4.69) is 14.7 Å². The first-order chi connectivity index (χ1) is 9.27. The molecular formula is C12H20N4O3S. The number of β-amino-alcohol motifs (C(OH)–C–C–N with tert-alkyl or cyclic N) is 1. The Morgan fingerprint density at radius 2 is 2.25 bits per heavy atom. The van der Waals surface area contributed by atoms with Gasteiger partial charge < -0.3 is 10.0 Å². The van der Waals surface area contributed by atoms with Gasteiger partial charge in [-0.1, -0.05) is 0 Å². The van der Waals surface area contributed by atoms with Gasteiger partial charge in [-0.25, -0.2) is 23.1 Å². The lowest BCUT2D eigenvalue weighted by molar-refractivity contribution is 0.0310. The molecule has 0 amide bonds. The van der Waals surface area contributed by atoms with Crippen LogP contribution in [0.2, 0.25) is 0 Å². The summed E-state index contributed by atoms with van der Waals surface area (Å²) in [6.07, 6.45) is 3.93. The van der Waals surface area contributed by atoms with E-state index in [0.29, 0.717) is 13.0 Å². The van der Waals surface area contributed by atoms with Crippen LogP contribution < -0.4 is 9.62 Å². The third kappa shape index (κ3) is 4.12. The van der Waals surface area contributed by atoms with Crippen LogP contribution in [0.15, 0.2) is 12.4 Å². The Morgan fingerprint density at radius 3 is 2.90 bits per heavy atom. The van der Waals surface area contributed by atoms with E-state index < -0.39 is 15.6 Å². The minimum atomic E-state index is -3.30. The SMILES string of the molecule is Cc1cc(N2CCC[C@@](O)(CNS(C)(=O)=O)C2)ncn1. The summed E-state index contributed by atoms with van der Waals surface area (Å²) in [5, 5.41) is 10.5. The summed E-state index contributed by atoms with van der Waals surface area (Å²) in [5.74, 6) is 0.759. The van der Waals surface area contributed by atoms with Crippen molar-refractivity contribution < 1.29 is 13.5 Å². The van der Waals surface area contributed by atoms with Crippen molar-refractivity contribution in [1.82, 2.24) is 14.7 Å². The maximum atomic E-state index is 11.2. The molecule has 1 aliphatic heterocycles. The second-order valence-electron chi connectivity index (χ2n) is 5.36. The first kappa shape index (κ1) is 15.1. The van der Waals surface area contributed by atoms with Crippen LogP contribution in [0.3, 0.4) is 0 Å². The average molecular weight is 300 g/mol. The highest BCUT2D eigenvalue weighted by molar-refractivity contribution is 7.88. The van der Waals surface area contributed by atoms with Crippen LogP contribution in [0.25, 0.3) is 0 Å². The predicted molar refractivity (Wildman–Crippen MR) is 76.0 cm³/mol. The van der Waals surface area contributed by atoms with Crippen molar-refractivity contribution in [1.29, 1.82) is 0 Å². The van der Waals surface area contributed by atoms with Crippen molar-refractivity contribution in [3.05, 3.63) is 18.1 Å². The van der Waals surface area contributed by atoms with Gasteiger partial charge in [0.25, 0.3) is 0 Å². The van der Waals surface area contributed by atoms with Crippen LogP contribution in [0.4, 0.5) is 5.82 Å². The molecule has 2 N–H and O–H groups in total. The molecule has 0 saturated carbocycles. The summed E-state index contributed by atoms with van der Waals surface area (Å²) in [7, 11) is -3.30. The van der Waals surface area contributed by atoms with Gasteiger partial charge in [-0.2, -0.15) is 0 Å². The lowest BCUT2D eigenvalue weighted by Gasteiger charge is -2.39. The lowest BCUT2D eigenvalue weighted by Crippen LogP contribution is -2.54. The highest BCUT2D eigenvalue weighted by Gasteiger charge is 2.34. The van der Waals surface area contributed by atoms with E-state index in [1.54, 1.807) is 0 Å². The first-order valence-electron chi connectivity index (χ1n) is 6.48. The van der Waals surface area contributed by atoms with Crippen molar-refractivity contribution >= 4 is 15.8 Å². The summed E-state index contributed by atoms with van der Waals surface area (Å²) < 4.78 is 24.7. The van der Waals surface area contributed by atoms with Gasteiger partial charge in [0.2, 0.25) is 10.0 Å². The van der Waals surface area contributed by atoms with E-state index in [1.165, 1.54) is 6.33 Å². The van der Waals surface area contributed by atoms with Gasteiger partial charge in [0.05, 0.1) is 11.9 Å². The Kier molecular flexibility index (Phi) is 4.26. The summed E-state index contributed by atoms with van der Waals surface area (Å²) in [5.41, 5.74) is -0.210. The maximum Gasteiger partial charge on any atom is 0.208 e. The van der Waals surface area contributed by atoms with Gasteiger partial charge in [0.15, 0.2) is 0 Å². The van der Waals surface area contributed by atoms with E-state index in [1.807, 2.05) is 17.9 Å². The Labute approximate surface area is 119 Å². The molecule has 1 atom stereocenters. The Morgan fingerprint density at radius 1 is 1.50 bits per heavy atom. The number of piperidine rings is 1. The van der Waals surface area contributed by atoms with Gasteiger partial charge >= 0.3 is 0 Å². The number of aryl methyl sites for hydroxylation is 1. The molecule has 1 aromatic heterocycles. The molecule has 2 heterocycles. The molecule has 0 bridgehead atoms. The number of nitrogens with one attached hydrogen (secondary N) is 1. The first-order valence-corrected chi connectivity index (χ1v) is 8.37. The number of rotatable bonds is 4. The molecule has 0 spiro atoms. The number of sulfonamides is 1. The maximum absolute atomic E-state index is 11.2. The number of nitrogens with zero attached hydrogens (tertiary/aromatic N) is 3. The second-order valence-corrected chi connectivity index (χ2v) is 7.19.